The molecule has 1 atom stereocenters. The number of carbonyl (C=O) groups is 2. The van der Waals surface area contributed by atoms with Gasteiger partial charge in [0, 0.05) is 30.0 Å². The van der Waals surface area contributed by atoms with Gasteiger partial charge in [0.25, 0.3) is 0 Å². The molecule has 1 aromatic rings. The van der Waals surface area contributed by atoms with Gasteiger partial charge < -0.3 is 4.90 Å². The standard InChI is InChI=1S/C22H33NO2S/c1-3-5-7-11-15-23(16-12-8-6-4-2)22(25)21-17-19(24)18-13-9-10-14-20(18)26-21/h9-10,13-14,21H,3-8,11-12,15-17H2,1-2H3. The number of benzene rings is 1. The van der Waals surface area contributed by atoms with Crippen LogP contribution in [-0.4, -0.2) is 34.9 Å². The van der Waals surface area contributed by atoms with E-state index in [-0.39, 0.29) is 16.9 Å². The molecule has 3 nitrogen and oxygen atoms in total. The monoisotopic (exact) mass is 375 g/mol. The van der Waals surface area contributed by atoms with Gasteiger partial charge in [0.1, 0.15) is 0 Å². The molecule has 0 spiro atoms. The number of Topliss-reactive ketones (excluding diaryl/α,β-unsaturated/α-hetero) is 1. The Bertz CT molecular complexity index is 575. The van der Waals surface area contributed by atoms with Gasteiger partial charge in [0.05, 0.1) is 5.25 Å². The molecule has 0 aliphatic carbocycles. The van der Waals surface area contributed by atoms with Gasteiger partial charge in [-0.05, 0) is 18.9 Å². The van der Waals surface area contributed by atoms with E-state index in [1.807, 2.05) is 29.2 Å². The average molecular weight is 376 g/mol. The van der Waals surface area contributed by atoms with Crippen LogP contribution in [0.3, 0.4) is 0 Å². The van der Waals surface area contributed by atoms with Crippen LogP contribution in [0.1, 0.15) is 82.0 Å². The average Bonchev–Trinajstić information content (AvgIpc) is 2.66. The summed E-state index contributed by atoms with van der Waals surface area (Å²) in [5.74, 6) is 0.264. The Kier molecular flexibility index (Phi) is 9.24. The third kappa shape index (κ3) is 6.15. The first-order chi connectivity index (χ1) is 12.7. The van der Waals surface area contributed by atoms with E-state index in [1.54, 1.807) is 11.8 Å². The summed E-state index contributed by atoms with van der Waals surface area (Å²) in [6.45, 7) is 6.07. The smallest absolute Gasteiger partial charge is 0.236 e. The van der Waals surface area contributed by atoms with E-state index in [4.69, 9.17) is 0 Å². The molecule has 26 heavy (non-hydrogen) atoms. The van der Waals surface area contributed by atoms with Crippen molar-refractivity contribution >= 4 is 23.5 Å². The third-order valence-corrected chi connectivity index (χ3v) is 6.24. The molecule has 1 aliphatic rings. The second-order valence-electron chi connectivity index (χ2n) is 7.18. The lowest BCUT2D eigenvalue weighted by molar-refractivity contribution is -0.130. The molecule has 0 saturated carbocycles. The van der Waals surface area contributed by atoms with Crippen LogP contribution in [0.4, 0.5) is 0 Å². The van der Waals surface area contributed by atoms with Crippen molar-refractivity contribution in [2.24, 2.45) is 0 Å². The van der Waals surface area contributed by atoms with Crippen molar-refractivity contribution in [1.29, 1.82) is 0 Å². The SMILES string of the molecule is CCCCCCN(CCCCCC)C(=O)C1CC(=O)c2ccccc2S1. The number of hydrogen-bond donors (Lipinski definition) is 0. The van der Waals surface area contributed by atoms with Gasteiger partial charge in [0.15, 0.2) is 5.78 Å². The maximum absolute atomic E-state index is 13.1. The van der Waals surface area contributed by atoms with Crippen molar-refractivity contribution in [1.82, 2.24) is 4.90 Å². The highest BCUT2D eigenvalue weighted by atomic mass is 32.2. The van der Waals surface area contributed by atoms with Crippen molar-refractivity contribution in [3.63, 3.8) is 0 Å². The Morgan fingerprint density at radius 1 is 1.00 bits per heavy atom. The summed E-state index contributed by atoms with van der Waals surface area (Å²) in [7, 11) is 0. The van der Waals surface area contributed by atoms with Crippen LogP contribution >= 0.6 is 11.8 Å². The number of ketones is 1. The van der Waals surface area contributed by atoms with Gasteiger partial charge in [0.2, 0.25) is 5.91 Å². The Morgan fingerprint density at radius 3 is 2.23 bits per heavy atom. The minimum Gasteiger partial charge on any atom is -0.342 e. The number of rotatable bonds is 11. The van der Waals surface area contributed by atoms with Crippen LogP contribution in [0.15, 0.2) is 29.2 Å². The summed E-state index contributed by atoms with van der Waals surface area (Å²) >= 11 is 1.57. The molecule has 0 saturated heterocycles. The zero-order valence-electron chi connectivity index (χ0n) is 16.3. The van der Waals surface area contributed by atoms with E-state index in [9.17, 15) is 9.59 Å². The molecule has 0 fully saturated rings. The normalized spacial score (nSPS) is 16.4. The summed E-state index contributed by atoms with van der Waals surface area (Å²) in [5.41, 5.74) is 0.777. The Morgan fingerprint density at radius 2 is 1.62 bits per heavy atom. The Balaban J connectivity index is 1.98. The van der Waals surface area contributed by atoms with E-state index in [2.05, 4.69) is 13.8 Å². The molecular weight excluding hydrogens is 342 g/mol. The first-order valence-electron chi connectivity index (χ1n) is 10.2. The lowest BCUT2D eigenvalue weighted by atomic mass is 10.0. The third-order valence-electron chi connectivity index (χ3n) is 4.98. The number of fused-ring (bicyclic) bond motifs is 1. The molecule has 0 radical (unpaired) electrons. The van der Waals surface area contributed by atoms with E-state index >= 15 is 0 Å². The first kappa shape index (κ1) is 21.0. The number of thioether (sulfide) groups is 1. The molecule has 1 amide bonds. The molecule has 2 rings (SSSR count). The van der Waals surface area contributed by atoms with Crippen molar-refractivity contribution in [2.45, 2.75) is 81.8 Å². The highest BCUT2D eigenvalue weighted by Gasteiger charge is 2.32. The zero-order chi connectivity index (χ0) is 18.8. The van der Waals surface area contributed by atoms with Crippen molar-refractivity contribution < 1.29 is 9.59 Å². The maximum Gasteiger partial charge on any atom is 0.236 e. The number of unbranched alkanes of at least 4 members (excludes halogenated alkanes) is 6. The van der Waals surface area contributed by atoms with Gasteiger partial charge in [-0.1, -0.05) is 70.6 Å². The van der Waals surface area contributed by atoms with Crippen LogP contribution in [0.5, 0.6) is 0 Å². The number of amides is 1. The lowest BCUT2D eigenvalue weighted by Crippen LogP contribution is -2.41. The van der Waals surface area contributed by atoms with Gasteiger partial charge in [-0.15, -0.1) is 11.8 Å². The van der Waals surface area contributed by atoms with Gasteiger partial charge in [-0.3, -0.25) is 9.59 Å². The van der Waals surface area contributed by atoms with Crippen LogP contribution in [0.2, 0.25) is 0 Å². The number of nitrogens with zero attached hydrogens (tertiary/aromatic N) is 1. The van der Waals surface area contributed by atoms with Gasteiger partial charge in [-0.25, -0.2) is 0 Å². The fourth-order valence-corrected chi connectivity index (χ4v) is 4.66. The van der Waals surface area contributed by atoms with E-state index in [0.29, 0.717) is 6.42 Å². The van der Waals surface area contributed by atoms with E-state index in [1.165, 1.54) is 38.5 Å². The summed E-state index contributed by atoms with van der Waals surface area (Å²) in [5, 5.41) is -0.255. The molecule has 4 heteroatoms. The van der Waals surface area contributed by atoms with Crippen LogP contribution in [-0.2, 0) is 4.79 Å². The Labute approximate surface area is 162 Å². The number of hydrogen-bond acceptors (Lipinski definition) is 3. The van der Waals surface area contributed by atoms with Gasteiger partial charge in [-0.2, -0.15) is 0 Å². The first-order valence-corrected chi connectivity index (χ1v) is 11.1. The molecule has 1 heterocycles. The highest BCUT2D eigenvalue weighted by Crippen LogP contribution is 2.36. The number of carbonyl (C=O) groups excluding carboxylic acids is 2. The molecule has 0 N–H and O–H groups in total. The molecule has 1 aromatic carbocycles. The summed E-state index contributed by atoms with van der Waals surface area (Å²) in [4.78, 5) is 28.6. The fraction of sp³-hybridized carbons (Fsp3) is 0.636. The van der Waals surface area contributed by atoms with Crippen molar-refractivity contribution in [3.8, 4) is 0 Å². The maximum atomic E-state index is 13.1. The van der Waals surface area contributed by atoms with Crippen LogP contribution in [0.25, 0.3) is 0 Å². The second kappa shape index (κ2) is 11.4. The predicted octanol–water partition coefficient (Wildman–Crippen LogP) is 5.72. The molecule has 0 aromatic heterocycles. The topological polar surface area (TPSA) is 37.4 Å². The van der Waals surface area contributed by atoms with Crippen LogP contribution < -0.4 is 0 Å². The predicted molar refractivity (Wildman–Crippen MR) is 110 cm³/mol. The highest BCUT2D eigenvalue weighted by molar-refractivity contribution is 8.00. The minimum atomic E-state index is -0.255. The molecule has 1 aliphatic heterocycles. The second-order valence-corrected chi connectivity index (χ2v) is 8.42. The fourth-order valence-electron chi connectivity index (χ4n) is 3.41. The van der Waals surface area contributed by atoms with Crippen molar-refractivity contribution in [3.05, 3.63) is 29.8 Å². The van der Waals surface area contributed by atoms with Crippen molar-refractivity contribution in [2.75, 3.05) is 13.1 Å². The molecule has 1 unspecified atom stereocenters. The van der Waals surface area contributed by atoms with Gasteiger partial charge >= 0.3 is 0 Å². The largest absolute Gasteiger partial charge is 0.342 e. The summed E-state index contributed by atoms with van der Waals surface area (Å²) in [6.07, 6.45) is 9.67. The van der Waals surface area contributed by atoms with E-state index < -0.39 is 0 Å². The lowest BCUT2D eigenvalue weighted by Gasteiger charge is -2.29. The quantitative estimate of drug-likeness (QED) is 0.464. The molecule has 0 bridgehead atoms. The zero-order valence-corrected chi connectivity index (χ0v) is 17.2. The molecule has 144 valence electrons. The minimum absolute atomic E-state index is 0.106. The molecular formula is C22H33NO2S. The summed E-state index contributed by atoms with van der Waals surface area (Å²) in [6, 6.07) is 7.68. The summed E-state index contributed by atoms with van der Waals surface area (Å²) < 4.78 is 0. The van der Waals surface area contributed by atoms with E-state index in [0.717, 1.165) is 36.4 Å². The Hall–Kier alpha value is -1.29. The van der Waals surface area contributed by atoms with Crippen LogP contribution in [0, 0.1) is 0 Å².